The Kier molecular flexibility index (Phi) is 4.70. The van der Waals surface area contributed by atoms with E-state index in [4.69, 9.17) is 0 Å². The van der Waals surface area contributed by atoms with E-state index >= 15 is 0 Å². The lowest BCUT2D eigenvalue weighted by atomic mass is 9.94. The van der Waals surface area contributed by atoms with Gasteiger partial charge in [-0.25, -0.2) is 0 Å². The van der Waals surface area contributed by atoms with Crippen molar-refractivity contribution in [3.05, 3.63) is 77.1 Å². The lowest BCUT2D eigenvalue weighted by Crippen LogP contribution is -2.30. The average Bonchev–Trinajstić information content (AvgIpc) is 2.93. The summed E-state index contributed by atoms with van der Waals surface area (Å²) in [4.78, 5) is 26.7. The predicted molar refractivity (Wildman–Crippen MR) is 97.4 cm³/mol. The summed E-state index contributed by atoms with van der Waals surface area (Å²) in [7, 11) is 0. The van der Waals surface area contributed by atoms with Gasteiger partial charge in [0.05, 0.1) is 11.6 Å². The van der Waals surface area contributed by atoms with Crippen LogP contribution in [0.25, 0.3) is 0 Å². The van der Waals surface area contributed by atoms with Crippen molar-refractivity contribution in [3.63, 3.8) is 0 Å². The molecule has 1 atom stereocenters. The van der Waals surface area contributed by atoms with Crippen LogP contribution in [0.15, 0.2) is 65.9 Å². The fourth-order valence-electron chi connectivity index (χ4n) is 3.19. The van der Waals surface area contributed by atoms with Gasteiger partial charge in [0.15, 0.2) is 11.5 Å². The number of nitrogens with zero attached hydrogens (tertiary/aromatic N) is 1. The highest BCUT2D eigenvalue weighted by Crippen LogP contribution is 2.41. The molecule has 1 heterocycles. The number of aryl methyl sites for hydroxylation is 1. The van der Waals surface area contributed by atoms with E-state index < -0.39 is 17.7 Å². The van der Waals surface area contributed by atoms with Crippen molar-refractivity contribution in [2.24, 2.45) is 0 Å². The molecule has 1 unspecified atom stereocenters. The van der Waals surface area contributed by atoms with Gasteiger partial charge in [0, 0.05) is 12.1 Å². The van der Waals surface area contributed by atoms with Crippen LogP contribution in [0.2, 0.25) is 0 Å². The number of amides is 1. The zero-order valence-electron chi connectivity index (χ0n) is 14.4. The van der Waals surface area contributed by atoms with Crippen molar-refractivity contribution in [3.8, 4) is 0 Å². The van der Waals surface area contributed by atoms with Gasteiger partial charge in [-0.1, -0.05) is 56.3 Å². The first-order chi connectivity index (χ1) is 12.1. The molecule has 2 aromatic carbocycles. The average molecular weight is 335 g/mol. The highest BCUT2D eigenvalue weighted by atomic mass is 16.3. The fraction of sp³-hybridized carbons (Fsp3) is 0.238. The van der Waals surface area contributed by atoms with Crippen LogP contribution in [0.3, 0.4) is 0 Å². The Morgan fingerprint density at radius 1 is 1.04 bits per heavy atom. The number of rotatable bonds is 5. The van der Waals surface area contributed by atoms with E-state index in [2.05, 4.69) is 6.92 Å². The first-order valence-electron chi connectivity index (χ1n) is 8.52. The van der Waals surface area contributed by atoms with E-state index in [0.717, 1.165) is 12.0 Å². The number of benzene rings is 2. The van der Waals surface area contributed by atoms with Crippen LogP contribution in [0.5, 0.6) is 0 Å². The number of aliphatic hydroxyl groups excluding tert-OH is 1. The molecule has 0 aromatic heterocycles. The molecule has 0 radical (unpaired) electrons. The predicted octanol–water partition coefficient (Wildman–Crippen LogP) is 4.13. The minimum absolute atomic E-state index is 0.181. The van der Waals surface area contributed by atoms with Crippen molar-refractivity contribution < 1.29 is 14.7 Å². The number of carbonyl (C=O) groups excluding carboxylic acids is 2. The van der Waals surface area contributed by atoms with Gasteiger partial charge in [0.2, 0.25) is 0 Å². The van der Waals surface area contributed by atoms with E-state index in [0.29, 0.717) is 5.69 Å². The monoisotopic (exact) mass is 335 g/mol. The molecular formula is C21H21NO3. The molecule has 0 spiro atoms. The molecule has 0 fully saturated rings. The van der Waals surface area contributed by atoms with Crippen LogP contribution >= 0.6 is 0 Å². The molecule has 0 aliphatic carbocycles. The highest BCUT2D eigenvalue weighted by molar-refractivity contribution is 6.16. The van der Waals surface area contributed by atoms with Crippen LogP contribution in [0.4, 0.5) is 5.69 Å². The van der Waals surface area contributed by atoms with Gasteiger partial charge in [0.1, 0.15) is 0 Å². The summed E-state index contributed by atoms with van der Waals surface area (Å²) in [6.07, 6.45) is 1.15. The number of para-hydroxylation sites is 1. The third kappa shape index (κ3) is 2.95. The normalized spacial score (nSPS) is 17.3. The van der Waals surface area contributed by atoms with Gasteiger partial charge in [0.25, 0.3) is 5.91 Å². The lowest BCUT2D eigenvalue weighted by Gasteiger charge is -2.27. The molecule has 1 amide bonds. The number of hydrogen-bond acceptors (Lipinski definition) is 3. The third-order valence-electron chi connectivity index (χ3n) is 4.57. The Balaban J connectivity index is 2.14. The lowest BCUT2D eigenvalue weighted by molar-refractivity contribution is -0.118. The highest BCUT2D eigenvalue weighted by Gasteiger charge is 2.43. The summed E-state index contributed by atoms with van der Waals surface area (Å²) in [5, 5.41) is 10.4. The molecule has 0 bridgehead atoms. The molecule has 2 aromatic rings. The van der Waals surface area contributed by atoms with Crippen molar-refractivity contribution in [1.82, 2.24) is 0 Å². The van der Waals surface area contributed by atoms with Crippen molar-refractivity contribution >= 4 is 17.4 Å². The minimum atomic E-state index is -0.603. The Bertz CT molecular complexity index is 822. The summed E-state index contributed by atoms with van der Waals surface area (Å²) in [5.41, 5.74) is 2.83. The van der Waals surface area contributed by atoms with Gasteiger partial charge < -0.3 is 5.11 Å². The molecule has 4 heteroatoms. The second kappa shape index (κ2) is 6.93. The van der Waals surface area contributed by atoms with Crippen molar-refractivity contribution in [1.29, 1.82) is 0 Å². The number of carbonyl (C=O) groups is 2. The van der Waals surface area contributed by atoms with Gasteiger partial charge in [-0.3, -0.25) is 14.5 Å². The Hall–Kier alpha value is -2.88. The van der Waals surface area contributed by atoms with E-state index in [1.165, 1.54) is 10.5 Å². The molecular weight excluding hydrogens is 314 g/mol. The second-order valence-electron chi connectivity index (χ2n) is 6.05. The number of Topliss-reactive ketones (excluding diaryl/α,β-unsaturated/α-hetero) is 1. The van der Waals surface area contributed by atoms with E-state index in [-0.39, 0.29) is 17.8 Å². The van der Waals surface area contributed by atoms with Crippen LogP contribution in [-0.2, 0) is 16.0 Å². The maximum atomic E-state index is 12.7. The molecule has 0 saturated heterocycles. The Morgan fingerprint density at radius 3 is 2.24 bits per heavy atom. The Labute approximate surface area is 147 Å². The standard InChI is InChI=1S/C21H21NO3/c1-3-14-10-12-15(13-11-14)19-18(17(23)4-2)20(24)21(25)22(19)16-8-6-5-7-9-16/h5-13,19,24H,3-4H2,1-2H3. The summed E-state index contributed by atoms with van der Waals surface area (Å²) in [5.74, 6) is -1.19. The summed E-state index contributed by atoms with van der Waals surface area (Å²) in [6, 6.07) is 16.4. The van der Waals surface area contributed by atoms with Crippen LogP contribution < -0.4 is 4.90 Å². The first kappa shape index (κ1) is 17.0. The molecule has 1 aliphatic heterocycles. The van der Waals surface area contributed by atoms with Gasteiger partial charge in [-0.15, -0.1) is 0 Å². The smallest absolute Gasteiger partial charge is 0.294 e. The molecule has 4 nitrogen and oxygen atoms in total. The number of aliphatic hydroxyl groups is 1. The minimum Gasteiger partial charge on any atom is -0.503 e. The van der Waals surface area contributed by atoms with E-state index in [9.17, 15) is 14.7 Å². The molecule has 25 heavy (non-hydrogen) atoms. The van der Waals surface area contributed by atoms with E-state index in [1.807, 2.05) is 42.5 Å². The largest absolute Gasteiger partial charge is 0.503 e. The third-order valence-corrected chi connectivity index (χ3v) is 4.57. The summed E-state index contributed by atoms with van der Waals surface area (Å²) >= 11 is 0. The summed E-state index contributed by atoms with van der Waals surface area (Å²) < 4.78 is 0. The van der Waals surface area contributed by atoms with Crippen molar-refractivity contribution in [2.45, 2.75) is 32.7 Å². The van der Waals surface area contributed by atoms with Crippen LogP contribution in [-0.4, -0.2) is 16.8 Å². The number of hydrogen-bond donors (Lipinski definition) is 1. The first-order valence-corrected chi connectivity index (χ1v) is 8.52. The summed E-state index contributed by atoms with van der Waals surface area (Å²) in [6.45, 7) is 3.80. The molecule has 1 N–H and O–H groups in total. The van der Waals surface area contributed by atoms with Gasteiger partial charge in [-0.2, -0.15) is 0 Å². The maximum Gasteiger partial charge on any atom is 0.294 e. The van der Waals surface area contributed by atoms with Gasteiger partial charge >= 0.3 is 0 Å². The SMILES string of the molecule is CCC(=O)C1=C(O)C(=O)N(c2ccccc2)C1c1ccc(CC)cc1. The zero-order chi connectivity index (χ0) is 18.0. The molecule has 128 valence electrons. The number of ketones is 1. The molecule has 0 saturated carbocycles. The van der Waals surface area contributed by atoms with Crippen LogP contribution in [0, 0.1) is 0 Å². The van der Waals surface area contributed by atoms with Crippen LogP contribution in [0.1, 0.15) is 37.4 Å². The van der Waals surface area contributed by atoms with E-state index in [1.54, 1.807) is 19.1 Å². The molecule has 1 aliphatic rings. The second-order valence-corrected chi connectivity index (χ2v) is 6.05. The van der Waals surface area contributed by atoms with Gasteiger partial charge in [-0.05, 0) is 29.7 Å². The zero-order valence-corrected chi connectivity index (χ0v) is 14.4. The quantitative estimate of drug-likeness (QED) is 0.894. The Morgan fingerprint density at radius 2 is 1.68 bits per heavy atom. The maximum absolute atomic E-state index is 12.7. The fourth-order valence-corrected chi connectivity index (χ4v) is 3.19. The number of anilines is 1. The topological polar surface area (TPSA) is 57.6 Å². The van der Waals surface area contributed by atoms with Crippen molar-refractivity contribution in [2.75, 3.05) is 4.90 Å². The molecule has 3 rings (SSSR count).